The second-order valence-corrected chi connectivity index (χ2v) is 23.6. The van der Waals surface area contributed by atoms with E-state index in [-0.39, 0.29) is 62.3 Å². The van der Waals surface area contributed by atoms with Gasteiger partial charge in [-0.25, -0.2) is 4.79 Å². The van der Waals surface area contributed by atoms with E-state index in [2.05, 4.69) is 15.6 Å². The molecule has 0 saturated heterocycles. The number of nitrogens with zero attached hydrogens (tertiary/aromatic N) is 5. The van der Waals surface area contributed by atoms with Crippen molar-refractivity contribution < 1.29 is 116 Å². The Hall–Kier alpha value is -14.7. The van der Waals surface area contributed by atoms with Crippen LogP contribution in [0.4, 0.5) is 60.5 Å². The number of hydrogen-bond acceptors (Lipinski definition) is 22. The Kier molecular flexibility index (Phi) is 24.6. The second kappa shape index (κ2) is 33.6. The Labute approximate surface area is 604 Å². The van der Waals surface area contributed by atoms with Crippen LogP contribution in [0.3, 0.4) is 0 Å². The van der Waals surface area contributed by atoms with E-state index in [1.54, 1.807) is 36.4 Å². The third-order valence-corrected chi connectivity index (χ3v) is 16.4. The van der Waals surface area contributed by atoms with E-state index in [0.717, 1.165) is 53.4 Å². The monoisotopic (exact) mass is 1510 g/mol. The lowest BCUT2D eigenvalue weighted by Crippen LogP contribution is -2.15. The van der Waals surface area contributed by atoms with Gasteiger partial charge >= 0.3 is 35.7 Å². The molecule has 11 rings (SSSR count). The summed E-state index contributed by atoms with van der Waals surface area (Å²) in [5.74, 6) is -9.11. The van der Waals surface area contributed by atoms with Crippen LogP contribution >= 0.6 is 11.3 Å². The smallest absolute Gasteiger partial charge is 0.417 e. The van der Waals surface area contributed by atoms with Crippen molar-refractivity contribution in [1.82, 2.24) is 4.98 Å². The number of carbonyl (C=O) groups excluding carboxylic acids is 2. The highest BCUT2D eigenvalue weighted by Crippen LogP contribution is 2.46. The van der Waals surface area contributed by atoms with E-state index >= 15 is 0 Å². The van der Waals surface area contributed by atoms with E-state index in [1.165, 1.54) is 127 Å². The maximum Gasteiger partial charge on any atom is 0.417 e. The number of aromatic hydroxyl groups is 8. The largest absolute Gasteiger partial charge is 0.504 e. The molecule has 36 heteroatoms. The molecule has 2 heterocycles. The van der Waals surface area contributed by atoms with Crippen molar-refractivity contribution in [2.24, 2.45) is 0 Å². The third kappa shape index (κ3) is 19.5. The number of phenolic OH excluding ortho intramolecular Hbond substituents is 8. The number of halogens is 6. The van der Waals surface area contributed by atoms with Crippen molar-refractivity contribution >= 4 is 69.2 Å². The van der Waals surface area contributed by atoms with Gasteiger partial charge in [0.2, 0.25) is 23.3 Å². The first kappa shape index (κ1) is 79.0. The molecular weight excluding hydrogens is 1460 g/mol. The molecule has 29 nitrogen and oxygen atoms in total. The minimum atomic E-state index is -4.53. The number of phenols is 8. The fourth-order valence-electron chi connectivity index (χ4n) is 10.2. The van der Waals surface area contributed by atoms with Gasteiger partial charge in [0, 0.05) is 85.0 Å². The highest BCUT2D eigenvalue weighted by molar-refractivity contribution is 7.15. The molecule has 11 aromatic rings. The van der Waals surface area contributed by atoms with Gasteiger partial charge in [-0.2, -0.15) is 26.3 Å². The van der Waals surface area contributed by atoms with Gasteiger partial charge in [-0.15, -0.1) is 11.3 Å². The number of nitrogens with one attached hydrogen (secondary N) is 2. The molecule has 554 valence electrons. The van der Waals surface area contributed by atoms with E-state index < -0.39 is 149 Å². The molecule has 0 aliphatic carbocycles. The lowest BCUT2D eigenvalue weighted by Gasteiger charge is -2.13. The predicted octanol–water partition coefficient (Wildman–Crippen LogP) is 15.5. The quantitative estimate of drug-likeness (QED) is 0.0164. The molecule has 0 unspecified atom stereocenters. The summed E-state index contributed by atoms with van der Waals surface area (Å²) in [5.41, 5.74) is -1.59. The van der Waals surface area contributed by atoms with Gasteiger partial charge in [-0.1, -0.05) is 91.0 Å². The van der Waals surface area contributed by atoms with Crippen molar-refractivity contribution in [2.45, 2.75) is 31.6 Å². The predicted molar refractivity (Wildman–Crippen MR) is 374 cm³/mol. The normalized spacial score (nSPS) is 10.9. The van der Waals surface area contributed by atoms with Gasteiger partial charge in [-0.05, 0) is 89.0 Å². The van der Waals surface area contributed by atoms with Gasteiger partial charge in [0.05, 0.1) is 73.5 Å². The first-order valence-corrected chi connectivity index (χ1v) is 31.2. The second-order valence-electron chi connectivity index (χ2n) is 22.4. The number of aliphatic carboxylic acids is 1. The zero-order valence-electron chi connectivity index (χ0n) is 54.5. The van der Waals surface area contributed by atoms with Crippen LogP contribution in [0.25, 0.3) is 55.1 Å². The van der Waals surface area contributed by atoms with Crippen molar-refractivity contribution in [1.29, 1.82) is 0 Å². The molecule has 9 aromatic carbocycles. The highest BCUT2D eigenvalue weighted by atomic mass is 32.1. The zero-order chi connectivity index (χ0) is 79.2. The van der Waals surface area contributed by atoms with Gasteiger partial charge in [0.1, 0.15) is 0 Å². The molecule has 0 aliphatic rings. The molecular formula is C72H51F6N7O22S. The molecule has 2 amide bonds. The maximum absolute atomic E-state index is 13.2. The van der Waals surface area contributed by atoms with E-state index in [0.29, 0.717) is 27.3 Å². The van der Waals surface area contributed by atoms with Gasteiger partial charge in [-0.3, -0.25) is 59.8 Å². The van der Waals surface area contributed by atoms with Crippen LogP contribution in [-0.4, -0.2) is 99.5 Å². The SMILES string of the molecule is O=C(Cc1cc([N+](=O)[O-])cc(O)c1O)Nc1cccc(C(=O)O)c1.O=C(O)Cc1ccc(-c2ccccc2NC(=O)Cc2cc([N+](=O)[O-])cc(O)c2O)s1.O=[N+]([O-])c1ccc(-c2ccc(-c3ccccc3C(F)(F)F)cc2)c(O)c1O.O=[N+]([O-])c1ccc(-c2ccc(-c3ccccc3C(F)(F)F)cn2)c(O)c1O. The topological polar surface area (TPSA) is 480 Å². The Morgan fingerprint density at radius 1 is 0.426 bits per heavy atom. The average molecular weight is 1510 g/mol. The van der Waals surface area contributed by atoms with Crippen LogP contribution < -0.4 is 10.6 Å². The minimum absolute atomic E-state index is 0.00678. The molecule has 0 aliphatic heterocycles. The molecule has 0 bridgehead atoms. The van der Waals surface area contributed by atoms with Crippen LogP contribution in [0.15, 0.2) is 200 Å². The first-order valence-electron chi connectivity index (χ1n) is 30.4. The van der Waals surface area contributed by atoms with E-state index in [4.69, 9.17) is 10.2 Å². The number of hydrogen-bond donors (Lipinski definition) is 12. The Morgan fingerprint density at radius 3 is 1.35 bits per heavy atom. The molecule has 0 fully saturated rings. The number of carboxylic acid groups (broad SMARTS) is 2. The first-order chi connectivity index (χ1) is 50.9. The molecule has 0 spiro atoms. The molecule has 2 aromatic heterocycles. The average Bonchev–Trinajstić information content (AvgIpc) is 0.817. The number of non-ortho nitro benzene ring substituents is 2. The minimum Gasteiger partial charge on any atom is -0.504 e. The standard InChI is InChI=1S/C20H16N2O7S.C19H12F3NO4.C18H11F3N2O4.C15H12N2O7/c23-16-9-12(22(28)29)7-11(20(16)27)8-18(24)21-15-4-2-1-3-14(15)17-6-5-13(30-17)10-19(25)26;20-19(21,22)15-4-2-1-3-13(15)11-5-7-12(8-6-11)14-9-10-16(23(26)27)18(25)17(14)24;19-18(20,21)13-4-2-1-3-11(13)10-5-7-14(22-9-10)12-6-8-15(23(26)27)17(25)16(12)24;18-12-7-11(17(23)24)5-9(14(12)20)6-13(19)16-10-3-1-2-8(4-10)15(21)22/h1-7,9,23,27H,8,10H2,(H,21,24)(H,25,26);1-10,24-25H;1-9,24-25H;1-5,7,18,20H,6H2,(H,16,19)(H,21,22). The Bertz CT molecular complexity index is 5150. The summed E-state index contributed by atoms with van der Waals surface area (Å²) in [6.45, 7) is 0. The molecule has 12 N–H and O–H groups in total. The maximum atomic E-state index is 13.2. The van der Waals surface area contributed by atoms with Gasteiger partial charge < -0.3 is 61.7 Å². The number of aromatic carboxylic acids is 1. The Balaban J connectivity index is 0.000000182. The summed E-state index contributed by atoms with van der Waals surface area (Å²) >= 11 is 1.29. The zero-order valence-corrected chi connectivity index (χ0v) is 55.3. The van der Waals surface area contributed by atoms with Gasteiger partial charge in [0.25, 0.3) is 11.4 Å². The Morgan fingerprint density at radius 2 is 0.880 bits per heavy atom. The number of carbonyl (C=O) groups is 4. The fraction of sp³-hybridized carbons (Fsp3) is 0.0694. The van der Waals surface area contributed by atoms with Gasteiger partial charge in [0.15, 0.2) is 34.5 Å². The van der Waals surface area contributed by atoms with E-state index in [1.807, 2.05) is 0 Å². The number of pyridine rings is 1. The molecule has 0 saturated carbocycles. The number of para-hydroxylation sites is 1. The number of nitro groups is 4. The van der Waals surface area contributed by atoms with Crippen LogP contribution in [0.1, 0.15) is 37.5 Å². The lowest BCUT2D eigenvalue weighted by molar-refractivity contribution is -0.386. The van der Waals surface area contributed by atoms with Crippen LogP contribution in [0.5, 0.6) is 46.0 Å². The van der Waals surface area contributed by atoms with Crippen LogP contribution in [0, 0.1) is 40.5 Å². The van der Waals surface area contributed by atoms with Crippen LogP contribution in [-0.2, 0) is 46.0 Å². The molecule has 108 heavy (non-hydrogen) atoms. The third-order valence-electron chi connectivity index (χ3n) is 15.3. The number of carboxylic acids is 2. The lowest BCUT2D eigenvalue weighted by atomic mass is 9.96. The number of amides is 2. The summed E-state index contributed by atoms with van der Waals surface area (Å²) in [7, 11) is 0. The van der Waals surface area contributed by atoms with E-state index in [9.17, 15) is 127 Å². The summed E-state index contributed by atoms with van der Waals surface area (Å²) in [6.07, 6.45) is -8.79. The number of aromatic nitrogens is 1. The van der Waals surface area contributed by atoms with Crippen molar-refractivity contribution in [3.05, 3.63) is 273 Å². The number of rotatable bonds is 18. The highest BCUT2D eigenvalue weighted by Gasteiger charge is 2.35. The molecule has 0 radical (unpaired) electrons. The summed E-state index contributed by atoms with van der Waals surface area (Å²) in [6, 6.07) is 42.6. The number of nitro benzene ring substituents is 4. The van der Waals surface area contributed by atoms with Crippen molar-refractivity contribution in [2.75, 3.05) is 10.6 Å². The van der Waals surface area contributed by atoms with Crippen LogP contribution in [0.2, 0.25) is 0 Å². The summed E-state index contributed by atoms with van der Waals surface area (Å²) in [4.78, 5) is 91.7. The number of anilines is 2. The fourth-order valence-corrected chi connectivity index (χ4v) is 11.3. The number of benzene rings is 9. The summed E-state index contributed by atoms with van der Waals surface area (Å²) < 4.78 is 78.9. The van der Waals surface area contributed by atoms with Crippen molar-refractivity contribution in [3.8, 4) is 101 Å². The number of thiophene rings is 1. The summed E-state index contributed by atoms with van der Waals surface area (Å²) in [5, 5.41) is 144. The number of alkyl halides is 6. The molecule has 0 atom stereocenters. The van der Waals surface area contributed by atoms with Crippen molar-refractivity contribution in [3.63, 3.8) is 0 Å².